The first-order chi connectivity index (χ1) is 13.2. The van der Waals surface area contributed by atoms with Crippen LogP contribution in [0.25, 0.3) is 5.69 Å². The van der Waals surface area contributed by atoms with Crippen LogP contribution in [0.15, 0.2) is 18.2 Å². The molecule has 1 aliphatic heterocycles. The van der Waals surface area contributed by atoms with Gasteiger partial charge in [0.1, 0.15) is 6.61 Å². The van der Waals surface area contributed by atoms with Crippen molar-refractivity contribution in [2.24, 2.45) is 5.73 Å². The highest BCUT2D eigenvalue weighted by Gasteiger charge is 2.18. The Hall–Kier alpha value is -2.25. The maximum atomic E-state index is 11.3. The third-order valence-electron chi connectivity index (χ3n) is 5.19. The van der Waals surface area contributed by atoms with E-state index in [4.69, 9.17) is 15.2 Å². The highest BCUT2D eigenvalue weighted by molar-refractivity contribution is 5.75. The maximum Gasteiger partial charge on any atom is 0.225 e. The fourth-order valence-corrected chi connectivity index (χ4v) is 3.83. The van der Waals surface area contributed by atoms with Crippen LogP contribution in [0.2, 0.25) is 0 Å². The van der Waals surface area contributed by atoms with Crippen molar-refractivity contribution in [3.05, 3.63) is 41.0 Å². The van der Waals surface area contributed by atoms with E-state index in [0.29, 0.717) is 24.9 Å². The number of benzene rings is 1. The molecule has 0 saturated carbocycles. The number of hydrogen-bond donors (Lipinski definition) is 1. The molecule has 1 aromatic heterocycles. The molecule has 4 rings (SSSR count). The van der Waals surface area contributed by atoms with Crippen LogP contribution in [0, 0.1) is 0 Å². The van der Waals surface area contributed by atoms with E-state index in [0.717, 1.165) is 38.0 Å². The molecule has 2 N–H and O–H groups in total. The number of amides is 1. The molecule has 1 aliphatic carbocycles. The van der Waals surface area contributed by atoms with Gasteiger partial charge in [0.25, 0.3) is 0 Å². The topological polar surface area (TPSA) is 92.3 Å². The molecule has 1 amide bonds. The Morgan fingerprint density at radius 3 is 2.96 bits per heavy atom. The Bertz CT molecular complexity index is 812. The van der Waals surface area contributed by atoms with Crippen LogP contribution in [0.4, 0.5) is 0 Å². The second kappa shape index (κ2) is 8.19. The molecule has 7 heteroatoms. The van der Waals surface area contributed by atoms with Gasteiger partial charge in [0.15, 0.2) is 11.6 Å². The summed E-state index contributed by atoms with van der Waals surface area (Å²) in [5.74, 6) is 0.666. The van der Waals surface area contributed by atoms with E-state index in [1.165, 1.54) is 24.0 Å². The van der Waals surface area contributed by atoms with Crippen molar-refractivity contribution in [1.82, 2.24) is 14.8 Å². The van der Waals surface area contributed by atoms with Gasteiger partial charge < -0.3 is 15.2 Å². The molecular formula is C20H26N4O3. The van der Waals surface area contributed by atoms with Gasteiger partial charge in [-0.25, -0.2) is 9.67 Å². The largest absolute Gasteiger partial charge is 0.376 e. The summed E-state index contributed by atoms with van der Waals surface area (Å²) in [5.41, 5.74) is 9.04. The molecule has 144 valence electrons. The molecule has 1 unspecified atom stereocenters. The lowest BCUT2D eigenvalue weighted by Crippen LogP contribution is -2.24. The zero-order chi connectivity index (χ0) is 18.6. The summed E-state index contributed by atoms with van der Waals surface area (Å²) in [7, 11) is 0. The predicted molar refractivity (Wildman–Crippen MR) is 99.5 cm³/mol. The molecule has 0 spiro atoms. The smallest absolute Gasteiger partial charge is 0.225 e. The number of primary amides is 1. The summed E-state index contributed by atoms with van der Waals surface area (Å²) in [5, 5.41) is 4.50. The first kappa shape index (κ1) is 18.1. The molecule has 2 heterocycles. The van der Waals surface area contributed by atoms with Gasteiger partial charge in [-0.2, -0.15) is 5.10 Å². The van der Waals surface area contributed by atoms with Crippen molar-refractivity contribution in [1.29, 1.82) is 0 Å². The maximum absolute atomic E-state index is 11.3. The molecule has 0 radical (unpaired) electrons. The van der Waals surface area contributed by atoms with Crippen LogP contribution in [0.1, 0.15) is 48.5 Å². The normalized spacial score (nSPS) is 19.2. The van der Waals surface area contributed by atoms with E-state index in [1.54, 1.807) is 4.68 Å². The van der Waals surface area contributed by atoms with Gasteiger partial charge in [0.2, 0.25) is 5.91 Å². The van der Waals surface area contributed by atoms with Crippen molar-refractivity contribution in [3.8, 4) is 5.69 Å². The fraction of sp³-hybridized carbons (Fsp3) is 0.550. The van der Waals surface area contributed by atoms with E-state index in [1.807, 2.05) is 0 Å². The average Bonchev–Trinajstić information content (AvgIpc) is 3.28. The Morgan fingerprint density at radius 2 is 2.15 bits per heavy atom. The lowest BCUT2D eigenvalue weighted by atomic mass is 10.1. The SMILES string of the molecule is NC(=O)Cc1nc(COCC2CCCCO2)n(-c2ccc3c(c2)CCC3)n1. The molecule has 1 atom stereocenters. The van der Waals surface area contributed by atoms with Crippen LogP contribution in [0.5, 0.6) is 0 Å². The van der Waals surface area contributed by atoms with Gasteiger partial charge >= 0.3 is 0 Å². The number of carbonyl (C=O) groups excluding carboxylic acids is 1. The number of nitrogens with two attached hydrogens (primary N) is 1. The zero-order valence-electron chi connectivity index (χ0n) is 15.5. The van der Waals surface area contributed by atoms with Crippen LogP contribution in [-0.4, -0.2) is 40.0 Å². The summed E-state index contributed by atoms with van der Waals surface area (Å²) in [6.45, 7) is 1.67. The predicted octanol–water partition coefficient (Wildman–Crippen LogP) is 1.87. The number of aryl methyl sites for hydroxylation is 2. The van der Waals surface area contributed by atoms with E-state index in [9.17, 15) is 4.79 Å². The third kappa shape index (κ3) is 4.36. The van der Waals surface area contributed by atoms with Gasteiger partial charge in [-0.05, 0) is 61.8 Å². The minimum Gasteiger partial charge on any atom is -0.376 e. The quantitative estimate of drug-likeness (QED) is 0.803. The molecule has 1 aromatic carbocycles. The number of rotatable bonds is 7. The number of carbonyl (C=O) groups is 1. The van der Waals surface area contributed by atoms with E-state index >= 15 is 0 Å². The Kier molecular flexibility index (Phi) is 5.50. The average molecular weight is 370 g/mol. The van der Waals surface area contributed by atoms with Crippen molar-refractivity contribution >= 4 is 5.91 Å². The van der Waals surface area contributed by atoms with Crippen LogP contribution >= 0.6 is 0 Å². The standard InChI is InChI=1S/C20H26N4O3/c21-18(25)11-19-22-20(13-26-12-17-6-1-2-9-27-17)24(23-19)16-8-7-14-4-3-5-15(14)10-16/h7-8,10,17H,1-6,9,11-13H2,(H2,21,25). The Morgan fingerprint density at radius 1 is 1.26 bits per heavy atom. The number of fused-ring (bicyclic) bond motifs is 1. The Balaban J connectivity index is 1.51. The lowest BCUT2D eigenvalue weighted by molar-refractivity contribution is -0.117. The van der Waals surface area contributed by atoms with Crippen LogP contribution < -0.4 is 5.73 Å². The van der Waals surface area contributed by atoms with E-state index < -0.39 is 5.91 Å². The summed E-state index contributed by atoms with van der Waals surface area (Å²) in [4.78, 5) is 15.8. The van der Waals surface area contributed by atoms with Gasteiger partial charge in [-0.15, -0.1) is 0 Å². The second-order valence-corrected chi connectivity index (χ2v) is 7.31. The highest BCUT2D eigenvalue weighted by Crippen LogP contribution is 2.25. The molecule has 0 bridgehead atoms. The fourth-order valence-electron chi connectivity index (χ4n) is 3.83. The molecule has 1 fully saturated rings. The van der Waals surface area contributed by atoms with E-state index in [-0.39, 0.29) is 12.5 Å². The molecule has 27 heavy (non-hydrogen) atoms. The number of nitrogens with zero attached hydrogens (tertiary/aromatic N) is 3. The van der Waals surface area contributed by atoms with Crippen molar-refractivity contribution in [2.45, 2.75) is 57.7 Å². The zero-order valence-corrected chi connectivity index (χ0v) is 15.5. The monoisotopic (exact) mass is 370 g/mol. The molecule has 7 nitrogen and oxygen atoms in total. The van der Waals surface area contributed by atoms with Crippen molar-refractivity contribution in [2.75, 3.05) is 13.2 Å². The van der Waals surface area contributed by atoms with Crippen LogP contribution in [-0.2, 0) is 40.1 Å². The van der Waals surface area contributed by atoms with Crippen molar-refractivity contribution in [3.63, 3.8) is 0 Å². The lowest BCUT2D eigenvalue weighted by Gasteiger charge is -2.22. The van der Waals surface area contributed by atoms with Gasteiger partial charge in [-0.3, -0.25) is 4.79 Å². The number of ether oxygens (including phenoxy) is 2. The number of hydrogen-bond acceptors (Lipinski definition) is 5. The summed E-state index contributed by atoms with van der Waals surface area (Å²) >= 11 is 0. The molecule has 2 aliphatic rings. The minimum atomic E-state index is -0.441. The Labute approximate surface area is 158 Å². The van der Waals surface area contributed by atoms with Gasteiger partial charge in [0, 0.05) is 6.61 Å². The molecule has 1 saturated heterocycles. The summed E-state index contributed by atoms with van der Waals surface area (Å²) in [6.07, 6.45) is 6.94. The highest BCUT2D eigenvalue weighted by atomic mass is 16.5. The first-order valence-corrected chi connectivity index (χ1v) is 9.73. The van der Waals surface area contributed by atoms with Gasteiger partial charge in [0.05, 0.1) is 24.8 Å². The number of aromatic nitrogens is 3. The third-order valence-corrected chi connectivity index (χ3v) is 5.19. The minimum absolute atomic E-state index is 0.0245. The molecule has 2 aromatic rings. The summed E-state index contributed by atoms with van der Waals surface area (Å²) < 4.78 is 13.4. The van der Waals surface area contributed by atoms with Crippen LogP contribution in [0.3, 0.4) is 0 Å². The van der Waals surface area contributed by atoms with Gasteiger partial charge in [-0.1, -0.05) is 6.07 Å². The second-order valence-electron chi connectivity index (χ2n) is 7.31. The van der Waals surface area contributed by atoms with Crippen molar-refractivity contribution < 1.29 is 14.3 Å². The summed E-state index contributed by atoms with van der Waals surface area (Å²) in [6, 6.07) is 6.38. The first-order valence-electron chi connectivity index (χ1n) is 9.73. The molecular weight excluding hydrogens is 344 g/mol. The van der Waals surface area contributed by atoms with E-state index in [2.05, 4.69) is 28.3 Å².